The highest BCUT2D eigenvalue weighted by Crippen LogP contribution is 2.32. The van der Waals surface area contributed by atoms with Gasteiger partial charge in [0, 0.05) is 12.0 Å². The summed E-state index contributed by atoms with van der Waals surface area (Å²) in [6.45, 7) is 4.11. The largest absolute Gasteiger partial charge is 0.339 e. The summed E-state index contributed by atoms with van der Waals surface area (Å²) >= 11 is 0. The summed E-state index contributed by atoms with van der Waals surface area (Å²) in [5.41, 5.74) is 5.94. The molecular formula is C13H23N3O. The smallest absolute Gasteiger partial charge is 0.231 e. The minimum absolute atomic E-state index is 0.0691. The van der Waals surface area contributed by atoms with Crippen LogP contribution >= 0.6 is 0 Å². The van der Waals surface area contributed by atoms with Crippen LogP contribution in [-0.4, -0.2) is 16.2 Å². The van der Waals surface area contributed by atoms with Crippen LogP contribution in [0.5, 0.6) is 0 Å². The highest BCUT2D eigenvalue weighted by molar-refractivity contribution is 5.01. The second-order valence-corrected chi connectivity index (χ2v) is 5.20. The van der Waals surface area contributed by atoms with Crippen LogP contribution in [0, 0.1) is 0 Å². The predicted octanol–water partition coefficient (Wildman–Crippen LogP) is 2.96. The lowest BCUT2D eigenvalue weighted by Gasteiger charge is -2.17. The first kappa shape index (κ1) is 12.6. The van der Waals surface area contributed by atoms with E-state index in [1.54, 1.807) is 0 Å². The minimum Gasteiger partial charge on any atom is -0.339 e. The molecule has 1 heterocycles. The van der Waals surface area contributed by atoms with Gasteiger partial charge in [-0.2, -0.15) is 4.98 Å². The Labute approximate surface area is 103 Å². The van der Waals surface area contributed by atoms with E-state index in [0.29, 0.717) is 5.92 Å². The molecule has 1 aliphatic rings. The monoisotopic (exact) mass is 237 g/mol. The van der Waals surface area contributed by atoms with E-state index in [1.165, 1.54) is 32.1 Å². The van der Waals surface area contributed by atoms with Crippen molar-refractivity contribution in [3.8, 4) is 0 Å². The molecule has 1 aromatic heterocycles. The van der Waals surface area contributed by atoms with E-state index in [1.807, 2.05) is 6.92 Å². The first-order chi connectivity index (χ1) is 8.22. The summed E-state index contributed by atoms with van der Waals surface area (Å²) in [7, 11) is 0. The van der Waals surface area contributed by atoms with Crippen LogP contribution in [0.4, 0.5) is 0 Å². The van der Waals surface area contributed by atoms with Gasteiger partial charge in [0.05, 0.1) is 5.92 Å². The van der Waals surface area contributed by atoms with Crippen LogP contribution < -0.4 is 5.73 Å². The van der Waals surface area contributed by atoms with Crippen LogP contribution in [0.15, 0.2) is 4.52 Å². The molecule has 1 saturated carbocycles. The number of nitrogens with two attached hydrogens (primary N) is 1. The normalized spacial score (nSPS) is 21.4. The molecule has 4 heteroatoms. The zero-order valence-electron chi connectivity index (χ0n) is 10.9. The van der Waals surface area contributed by atoms with E-state index >= 15 is 0 Å². The molecule has 1 fully saturated rings. The Balaban J connectivity index is 2.08. The van der Waals surface area contributed by atoms with Crippen molar-refractivity contribution in [1.82, 2.24) is 10.1 Å². The summed E-state index contributed by atoms with van der Waals surface area (Å²) in [5, 5.41) is 4.15. The van der Waals surface area contributed by atoms with Crippen molar-refractivity contribution in [3.05, 3.63) is 11.7 Å². The van der Waals surface area contributed by atoms with Crippen LogP contribution in [0.2, 0.25) is 0 Å². The lowest BCUT2D eigenvalue weighted by molar-refractivity contribution is 0.325. The van der Waals surface area contributed by atoms with Gasteiger partial charge in [0.15, 0.2) is 5.82 Å². The Morgan fingerprint density at radius 1 is 1.35 bits per heavy atom. The maximum absolute atomic E-state index is 5.94. The van der Waals surface area contributed by atoms with Gasteiger partial charge in [0.2, 0.25) is 5.89 Å². The van der Waals surface area contributed by atoms with Crippen molar-refractivity contribution in [3.63, 3.8) is 0 Å². The Kier molecular flexibility index (Phi) is 4.15. The zero-order valence-corrected chi connectivity index (χ0v) is 10.9. The number of aromatic nitrogens is 2. The van der Waals surface area contributed by atoms with Crippen LogP contribution in [0.3, 0.4) is 0 Å². The van der Waals surface area contributed by atoms with E-state index in [-0.39, 0.29) is 12.0 Å². The van der Waals surface area contributed by atoms with Gasteiger partial charge in [-0.25, -0.2) is 0 Å². The molecule has 0 aromatic carbocycles. The maximum atomic E-state index is 5.94. The first-order valence-corrected chi connectivity index (χ1v) is 6.81. The molecule has 0 aliphatic heterocycles. The fraction of sp³-hybridized carbons (Fsp3) is 0.846. The minimum atomic E-state index is 0.0691. The van der Waals surface area contributed by atoms with E-state index in [4.69, 9.17) is 10.3 Å². The van der Waals surface area contributed by atoms with Crippen LogP contribution in [0.25, 0.3) is 0 Å². The quantitative estimate of drug-likeness (QED) is 0.874. The van der Waals surface area contributed by atoms with Crippen molar-refractivity contribution < 1.29 is 4.52 Å². The van der Waals surface area contributed by atoms with E-state index in [0.717, 1.165) is 18.1 Å². The molecule has 2 unspecified atom stereocenters. The third-order valence-electron chi connectivity index (χ3n) is 3.82. The van der Waals surface area contributed by atoms with Gasteiger partial charge in [-0.05, 0) is 26.2 Å². The molecule has 4 nitrogen and oxygen atoms in total. The molecule has 0 radical (unpaired) electrons. The van der Waals surface area contributed by atoms with E-state index in [9.17, 15) is 0 Å². The van der Waals surface area contributed by atoms with Crippen LogP contribution in [-0.2, 0) is 0 Å². The van der Waals surface area contributed by atoms with Gasteiger partial charge < -0.3 is 10.3 Å². The van der Waals surface area contributed by atoms with Gasteiger partial charge >= 0.3 is 0 Å². The van der Waals surface area contributed by atoms with Crippen molar-refractivity contribution in [2.45, 2.75) is 70.3 Å². The average Bonchev–Trinajstić information content (AvgIpc) is 2.80. The third-order valence-corrected chi connectivity index (χ3v) is 3.82. The first-order valence-electron chi connectivity index (χ1n) is 6.81. The standard InChI is InChI=1S/C13H23N3O/c1-3-11(9(2)14)13-15-12(16-17-13)10-7-5-4-6-8-10/h9-11H,3-8,14H2,1-2H3. The van der Waals surface area contributed by atoms with Crippen LogP contribution in [0.1, 0.15) is 75.9 Å². The van der Waals surface area contributed by atoms with E-state index in [2.05, 4.69) is 17.1 Å². The highest BCUT2D eigenvalue weighted by Gasteiger charge is 2.25. The number of hydrogen-bond donors (Lipinski definition) is 1. The molecule has 2 N–H and O–H groups in total. The summed E-state index contributed by atoms with van der Waals surface area (Å²) in [6, 6.07) is 0.0691. The number of rotatable bonds is 4. The molecule has 17 heavy (non-hydrogen) atoms. The molecule has 1 aromatic rings. The fourth-order valence-electron chi connectivity index (χ4n) is 2.70. The number of nitrogens with zero attached hydrogens (tertiary/aromatic N) is 2. The van der Waals surface area contributed by atoms with Gasteiger partial charge in [-0.3, -0.25) is 0 Å². The second-order valence-electron chi connectivity index (χ2n) is 5.20. The van der Waals surface area contributed by atoms with E-state index < -0.39 is 0 Å². The molecule has 1 aliphatic carbocycles. The third kappa shape index (κ3) is 2.86. The molecule has 0 saturated heterocycles. The number of hydrogen-bond acceptors (Lipinski definition) is 4. The van der Waals surface area contributed by atoms with Crippen molar-refractivity contribution in [2.24, 2.45) is 5.73 Å². The predicted molar refractivity (Wildman–Crippen MR) is 66.8 cm³/mol. The molecule has 0 spiro atoms. The summed E-state index contributed by atoms with van der Waals surface area (Å²) in [5.74, 6) is 2.33. The summed E-state index contributed by atoms with van der Waals surface area (Å²) in [4.78, 5) is 4.57. The summed E-state index contributed by atoms with van der Waals surface area (Å²) in [6.07, 6.45) is 7.28. The molecule has 0 amide bonds. The molecule has 96 valence electrons. The van der Waals surface area contributed by atoms with Gasteiger partial charge in [0.1, 0.15) is 0 Å². The zero-order chi connectivity index (χ0) is 12.3. The van der Waals surface area contributed by atoms with Crippen molar-refractivity contribution in [2.75, 3.05) is 0 Å². The Hall–Kier alpha value is -0.900. The SMILES string of the molecule is CCC(c1nc(C2CCCCC2)no1)C(C)N. The Bertz CT molecular complexity index is 342. The van der Waals surface area contributed by atoms with Crippen molar-refractivity contribution in [1.29, 1.82) is 0 Å². The van der Waals surface area contributed by atoms with Gasteiger partial charge in [0.25, 0.3) is 0 Å². The fourth-order valence-corrected chi connectivity index (χ4v) is 2.70. The van der Waals surface area contributed by atoms with Gasteiger partial charge in [-0.15, -0.1) is 0 Å². The highest BCUT2D eigenvalue weighted by atomic mass is 16.5. The Morgan fingerprint density at radius 3 is 2.65 bits per heavy atom. The summed E-state index contributed by atoms with van der Waals surface area (Å²) < 4.78 is 5.39. The Morgan fingerprint density at radius 2 is 2.06 bits per heavy atom. The molecule has 0 bridgehead atoms. The average molecular weight is 237 g/mol. The lowest BCUT2D eigenvalue weighted by atomic mass is 9.89. The topological polar surface area (TPSA) is 64.9 Å². The van der Waals surface area contributed by atoms with Crippen molar-refractivity contribution >= 4 is 0 Å². The van der Waals surface area contributed by atoms with Gasteiger partial charge in [-0.1, -0.05) is 31.3 Å². The molecule has 2 rings (SSSR count). The maximum Gasteiger partial charge on any atom is 0.231 e. The second kappa shape index (κ2) is 5.63. The molecular weight excluding hydrogens is 214 g/mol. The lowest BCUT2D eigenvalue weighted by Crippen LogP contribution is -2.24. The molecule has 2 atom stereocenters.